The van der Waals surface area contributed by atoms with Gasteiger partial charge in [-0.15, -0.1) is 0 Å². The zero-order valence-electron chi connectivity index (χ0n) is 35.1. The van der Waals surface area contributed by atoms with E-state index in [9.17, 15) is 48.4 Å². The molecule has 336 valence electrons. The summed E-state index contributed by atoms with van der Waals surface area (Å²) in [7, 11) is -5.04. The Bertz CT molecular complexity index is 1820. The van der Waals surface area contributed by atoms with Gasteiger partial charge in [0, 0.05) is 0 Å². The Balaban J connectivity index is 1.07. The topological polar surface area (TPSA) is 257 Å². The molecule has 8 aliphatic rings. The summed E-state index contributed by atoms with van der Waals surface area (Å²) in [5.41, 5.74) is -5.89. The smallest absolute Gasteiger partial charge is 0.397 e. The summed E-state index contributed by atoms with van der Waals surface area (Å²) in [4.78, 5) is 14.5. The zero-order chi connectivity index (χ0) is 43.3. The van der Waals surface area contributed by atoms with Crippen LogP contribution in [0.25, 0.3) is 0 Å². The molecule has 19 atom stereocenters. The van der Waals surface area contributed by atoms with Crippen LogP contribution < -0.4 is 0 Å². The largest absolute Gasteiger partial charge is 0.453 e. The van der Waals surface area contributed by atoms with E-state index in [0.29, 0.717) is 32.1 Å². The van der Waals surface area contributed by atoms with Crippen molar-refractivity contribution in [1.82, 2.24) is 0 Å². The minimum Gasteiger partial charge on any atom is -0.453 e. The fraction of sp³-hybridized carbons (Fsp3) is 0.927. The van der Waals surface area contributed by atoms with Crippen LogP contribution in [0, 0.1) is 33.5 Å². The molecule has 4 aliphatic carbocycles. The van der Waals surface area contributed by atoms with Crippen molar-refractivity contribution >= 4 is 16.4 Å². The molecule has 0 radical (unpaired) electrons. The molecule has 1 spiro atoms. The van der Waals surface area contributed by atoms with Crippen LogP contribution in [-0.4, -0.2) is 147 Å². The van der Waals surface area contributed by atoms with E-state index in [-0.39, 0.29) is 18.3 Å². The van der Waals surface area contributed by atoms with Crippen molar-refractivity contribution < 1.29 is 81.0 Å². The second kappa shape index (κ2) is 14.1. The van der Waals surface area contributed by atoms with Gasteiger partial charge in [0.1, 0.15) is 53.7 Å². The second-order valence-electron chi connectivity index (χ2n) is 20.7. The van der Waals surface area contributed by atoms with E-state index in [4.69, 9.17) is 28.4 Å². The third-order valence-corrected chi connectivity index (χ3v) is 17.4. The maximum absolute atomic E-state index is 14.5. The summed E-state index contributed by atoms with van der Waals surface area (Å²) in [6, 6.07) is 0. The van der Waals surface area contributed by atoms with E-state index in [0.717, 1.165) is 18.4 Å². The summed E-state index contributed by atoms with van der Waals surface area (Å²) in [6.07, 6.45) is -9.75. The number of hydrogen-bond donors (Lipinski definition) is 7. The van der Waals surface area contributed by atoms with Crippen LogP contribution in [0.15, 0.2) is 11.6 Å². The summed E-state index contributed by atoms with van der Waals surface area (Å²) < 4.78 is 74.3. The van der Waals surface area contributed by atoms with Gasteiger partial charge < -0.3 is 59.1 Å². The van der Waals surface area contributed by atoms with E-state index < -0.39 is 135 Å². The molecule has 0 unspecified atom stereocenters. The maximum Gasteiger partial charge on any atom is 0.397 e. The molecule has 7 N–H and O–H groups in total. The number of esters is 1. The van der Waals surface area contributed by atoms with Gasteiger partial charge in [0.05, 0.1) is 30.5 Å². The van der Waals surface area contributed by atoms with Crippen molar-refractivity contribution in [2.45, 2.75) is 197 Å². The Morgan fingerprint density at radius 1 is 0.814 bits per heavy atom. The number of carbonyl (C=O) groups is 1. The van der Waals surface area contributed by atoms with Gasteiger partial charge in [-0.3, -0.25) is 9.35 Å². The lowest BCUT2D eigenvalue weighted by atomic mass is 9.40. The first kappa shape index (κ1) is 44.3. The second-order valence-corrected chi connectivity index (χ2v) is 21.7. The molecule has 0 bridgehead atoms. The molecule has 8 rings (SSSR count). The molecule has 4 aliphatic heterocycles. The van der Waals surface area contributed by atoms with Crippen molar-refractivity contribution in [3.63, 3.8) is 0 Å². The molecule has 0 aromatic rings. The van der Waals surface area contributed by atoms with Crippen LogP contribution in [-0.2, 0) is 47.8 Å². The molecule has 0 aromatic carbocycles. The number of aliphatic hydroxyl groups excluding tert-OH is 5. The van der Waals surface area contributed by atoms with Gasteiger partial charge in [0.2, 0.25) is 0 Å². The van der Waals surface area contributed by atoms with Gasteiger partial charge in [-0.2, -0.15) is 8.42 Å². The summed E-state index contributed by atoms with van der Waals surface area (Å²) >= 11 is 0. The van der Waals surface area contributed by atoms with Gasteiger partial charge in [0.25, 0.3) is 0 Å². The molecule has 0 amide bonds. The number of hydrogen-bond acceptors (Lipinski definition) is 16. The number of fused-ring (bicyclic) bond motifs is 4. The summed E-state index contributed by atoms with van der Waals surface area (Å²) in [6.45, 7) is 15.1. The summed E-state index contributed by atoms with van der Waals surface area (Å²) in [5, 5.41) is 68.2. The van der Waals surface area contributed by atoms with E-state index in [2.05, 4.69) is 25.0 Å². The fourth-order valence-corrected chi connectivity index (χ4v) is 14.2. The van der Waals surface area contributed by atoms with Crippen LogP contribution in [0.4, 0.5) is 0 Å². The first-order valence-electron chi connectivity index (χ1n) is 21.2. The van der Waals surface area contributed by atoms with E-state index in [1.807, 2.05) is 26.8 Å². The first-order chi connectivity index (χ1) is 27.2. The average molecular weight is 861 g/mol. The maximum atomic E-state index is 14.5. The lowest BCUT2D eigenvalue weighted by Gasteiger charge is -2.64. The SMILES string of the molecule is C[C@@H]1O[C@H](O[C@H]2[C@H](O[C@H]3CC[C@]4(C)C5=C[C@H](O)[C@]67C(=O)O[C@@](C)([C@H]8CCC(C)(C)O8)[C@@]6(O)CC[C@@]7(C)[C@@H]5CC[C@H]4C3(C)C)OC[C@@H](OS(=O)(=O)O)[C@@H]2O)[C@@H](O)[C@H](O)[C@H]1O. The molecule has 18 heteroatoms. The van der Waals surface area contributed by atoms with Gasteiger partial charge in [0.15, 0.2) is 18.2 Å². The van der Waals surface area contributed by atoms with Crippen LogP contribution >= 0.6 is 0 Å². The van der Waals surface area contributed by atoms with Crippen molar-refractivity contribution in [1.29, 1.82) is 0 Å². The Hall–Kier alpha value is -1.36. The highest BCUT2D eigenvalue weighted by Crippen LogP contribution is 2.77. The van der Waals surface area contributed by atoms with Gasteiger partial charge in [-0.25, -0.2) is 4.18 Å². The first-order valence-corrected chi connectivity index (χ1v) is 22.5. The minimum absolute atomic E-state index is 0.0271. The van der Waals surface area contributed by atoms with Crippen molar-refractivity contribution in [2.24, 2.45) is 33.5 Å². The molecule has 4 heterocycles. The lowest BCUT2D eigenvalue weighted by molar-refractivity contribution is -0.362. The Morgan fingerprint density at radius 3 is 2.15 bits per heavy atom. The molecular weight excluding hydrogens is 797 g/mol. The van der Waals surface area contributed by atoms with Crippen LogP contribution in [0.3, 0.4) is 0 Å². The number of rotatable bonds is 7. The van der Waals surface area contributed by atoms with Gasteiger partial charge in [-0.05, 0) is 107 Å². The number of allylic oxidation sites excluding steroid dienone is 1. The molecular formula is C41H64O17S. The van der Waals surface area contributed by atoms with Gasteiger partial charge >= 0.3 is 16.4 Å². The standard InChI is InChI=1S/C41H64O17S/c1-19-27(43)29(45)30(46)32(53-19)55-31-28(44)22(58-59(49,50)51)18-52-33(31)54-25-12-14-37(6)21-17-24(42)41-34(47)57-39(8,26-11-13-35(2,3)56-26)40(41,48)16-15-38(41,7)20(21)9-10-23(37)36(25,4)5/h17,19-20,22-33,42-46,48H,9-16,18H2,1-8H3,(H,49,50,51)/t19-,20+,22+,23-,24-,25-,26+,27-,28-,29+,30-,31+,32+,33-,37+,38-,39-,40-,41+/m0/s1. The quantitative estimate of drug-likeness (QED) is 0.0827. The summed E-state index contributed by atoms with van der Waals surface area (Å²) in [5.74, 6) is -0.746. The van der Waals surface area contributed by atoms with Crippen molar-refractivity contribution in [2.75, 3.05) is 6.61 Å². The molecule has 4 saturated heterocycles. The molecule has 0 aromatic heterocycles. The number of ether oxygens (including phenoxy) is 6. The number of aliphatic hydroxyl groups is 6. The predicted molar refractivity (Wildman–Crippen MR) is 203 cm³/mol. The third kappa shape index (κ3) is 6.16. The Kier molecular flexibility index (Phi) is 10.6. The zero-order valence-corrected chi connectivity index (χ0v) is 36.0. The van der Waals surface area contributed by atoms with Crippen LogP contribution in [0.5, 0.6) is 0 Å². The van der Waals surface area contributed by atoms with E-state index in [1.165, 1.54) is 6.92 Å². The van der Waals surface area contributed by atoms with E-state index >= 15 is 0 Å². The Morgan fingerprint density at radius 2 is 1.51 bits per heavy atom. The fourth-order valence-electron chi connectivity index (χ4n) is 13.7. The van der Waals surface area contributed by atoms with Crippen LogP contribution in [0.1, 0.15) is 107 Å². The monoisotopic (exact) mass is 860 g/mol. The molecule has 7 fully saturated rings. The van der Waals surface area contributed by atoms with Crippen LogP contribution in [0.2, 0.25) is 0 Å². The third-order valence-electron chi connectivity index (χ3n) is 16.9. The minimum atomic E-state index is -5.04. The van der Waals surface area contributed by atoms with Crippen molar-refractivity contribution in [3.8, 4) is 0 Å². The Labute approximate surface area is 345 Å². The van der Waals surface area contributed by atoms with Gasteiger partial charge in [-0.1, -0.05) is 39.3 Å². The number of carbonyl (C=O) groups excluding carboxylic acids is 1. The van der Waals surface area contributed by atoms with E-state index in [1.54, 1.807) is 6.92 Å². The van der Waals surface area contributed by atoms with Crippen molar-refractivity contribution in [3.05, 3.63) is 11.6 Å². The molecule has 17 nitrogen and oxygen atoms in total. The average Bonchev–Trinajstić information content (AvgIpc) is 3.70. The highest BCUT2D eigenvalue weighted by molar-refractivity contribution is 7.80. The predicted octanol–water partition coefficient (Wildman–Crippen LogP) is 1.43. The lowest BCUT2D eigenvalue weighted by Crippen LogP contribution is -2.69. The highest BCUT2D eigenvalue weighted by atomic mass is 32.3. The highest BCUT2D eigenvalue weighted by Gasteiger charge is 2.87. The number of cyclic esters (lactones) is 1. The normalized spacial score (nSPS) is 54.1. The molecule has 3 saturated carbocycles. The molecule has 59 heavy (non-hydrogen) atoms.